The number of aromatic nitrogens is 3. The number of hydrogen-bond donors (Lipinski definition) is 0. The van der Waals surface area contributed by atoms with Gasteiger partial charge in [0.1, 0.15) is 5.82 Å². The van der Waals surface area contributed by atoms with Crippen LogP contribution in [0.25, 0.3) is 11.4 Å². The predicted octanol–water partition coefficient (Wildman–Crippen LogP) is 4.14. The van der Waals surface area contributed by atoms with Crippen LogP contribution < -0.4 is 9.80 Å². The molecule has 0 N–H and O–H groups in total. The molecular formula is C25H32N6O. The van der Waals surface area contributed by atoms with Crippen LogP contribution >= 0.6 is 0 Å². The number of pyridine rings is 1. The van der Waals surface area contributed by atoms with E-state index in [4.69, 9.17) is 4.52 Å². The molecule has 0 bridgehead atoms. The maximum absolute atomic E-state index is 5.55. The second-order valence-corrected chi connectivity index (χ2v) is 8.92. The molecule has 5 rings (SSSR count). The lowest BCUT2D eigenvalue weighted by molar-refractivity contribution is 0.215. The van der Waals surface area contributed by atoms with Gasteiger partial charge in [0.05, 0.1) is 6.54 Å². The molecule has 0 spiro atoms. The predicted molar refractivity (Wildman–Crippen MR) is 127 cm³/mol. The second-order valence-electron chi connectivity index (χ2n) is 8.92. The molecule has 2 fully saturated rings. The number of anilines is 2. The highest BCUT2D eigenvalue weighted by molar-refractivity contribution is 5.56. The zero-order chi connectivity index (χ0) is 21.8. The fourth-order valence-corrected chi connectivity index (χ4v) is 4.55. The van der Waals surface area contributed by atoms with Gasteiger partial charge in [-0.1, -0.05) is 35.7 Å². The van der Waals surface area contributed by atoms with E-state index in [1.165, 1.54) is 36.9 Å². The Labute approximate surface area is 190 Å². The van der Waals surface area contributed by atoms with Crippen molar-refractivity contribution in [3.8, 4) is 11.4 Å². The van der Waals surface area contributed by atoms with Crippen molar-refractivity contribution in [3.63, 3.8) is 0 Å². The topological polar surface area (TPSA) is 61.5 Å². The Morgan fingerprint density at radius 2 is 1.56 bits per heavy atom. The summed E-state index contributed by atoms with van der Waals surface area (Å²) in [6, 6.07) is 12.9. The maximum atomic E-state index is 5.55. The molecule has 7 nitrogen and oxygen atoms in total. The highest BCUT2D eigenvalue weighted by Crippen LogP contribution is 2.22. The number of hydrogen-bond acceptors (Lipinski definition) is 7. The number of piperazine rings is 1. The van der Waals surface area contributed by atoms with E-state index in [2.05, 4.69) is 73.1 Å². The SMILES string of the molecule is Cc1ccc(N2CCN(Cc3nc(-c4ccc(N5CCCCCC5)nc4)no3)CC2)cc1. The number of benzene rings is 1. The van der Waals surface area contributed by atoms with Gasteiger partial charge in [0.2, 0.25) is 11.7 Å². The molecule has 168 valence electrons. The van der Waals surface area contributed by atoms with Crippen molar-refractivity contribution in [2.45, 2.75) is 39.2 Å². The molecule has 0 amide bonds. The minimum absolute atomic E-state index is 0.619. The zero-order valence-corrected chi connectivity index (χ0v) is 18.9. The third-order valence-corrected chi connectivity index (χ3v) is 6.53. The molecule has 1 aromatic carbocycles. The molecule has 2 aromatic heterocycles. The summed E-state index contributed by atoms with van der Waals surface area (Å²) in [5.41, 5.74) is 3.50. The summed E-state index contributed by atoms with van der Waals surface area (Å²) in [4.78, 5) is 16.5. The summed E-state index contributed by atoms with van der Waals surface area (Å²) in [6.45, 7) is 8.98. The highest BCUT2D eigenvalue weighted by Gasteiger charge is 2.20. The Kier molecular flexibility index (Phi) is 6.34. The summed E-state index contributed by atoms with van der Waals surface area (Å²) in [5, 5.41) is 4.20. The summed E-state index contributed by atoms with van der Waals surface area (Å²) >= 11 is 0. The fourth-order valence-electron chi connectivity index (χ4n) is 4.55. The van der Waals surface area contributed by atoms with E-state index in [0.29, 0.717) is 18.3 Å². The fraction of sp³-hybridized carbons (Fsp3) is 0.480. The number of rotatable bonds is 5. The van der Waals surface area contributed by atoms with Crippen molar-refractivity contribution < 1.29 is 4.52 Å². The molecule has 2 aliphatic heterocycles. The van der Waals surface area contributed by atoms with E-state index < -0.39 is 0 Å². The smallest absolute Gasteiger partial charge is 0.241 e. The lowest BCUT2D eigenvalue weighted by atomic mass is 10.2. The first kappa shape index (κ1) is 20.9. The van der Waals surface area contributed by atoms with Crippen molar-refractivity contribution in [2.24, 2.45) is 0 Å². The molecule has 0 saturated carbocycles. The molecule has 2 aliphatic rings. The van der Waals surface area contributed by atoms with Gasteiger partial charge in [-0.05, 0) is 44.0 Å². The first-order valence-corrected chi connectivity index (χ1v) is 11.8. The third-order valence-electron chi connectivity index (χ3n) is 6.53. The Bertz CT molecular complexity index is 984. The van der Waals surface area contributed by atoms with E-state index in [0.717, 1.165) is 50.6 Å². The van der Waals surface area contributed by atoms with Gasteiger partial charge in [-0.15, -0.1) is 0 Å². The Hall–Kier alpha value is -2.93. The third kappa shape index (κ3) is 4.93. The summed E-state index contributed by atoms with van der Waals surface area (Å²) in [5.74, 6) is 2.33. The minimum Gasteiger partial charge on any atom is -0.369 e. The van der Waals surface area contributed by atoms with Crippen LogP contribution in [0.1, 0.15) is 37.1 Å². The van der Waals surface area contributed by atoms with Gasteiger partial charge in [-0.3, -0.25) is 4.90 Å². The lowest BCUT2D eigenvalue weighted by Gasteiger charge is -2.35. The van der Waals surface area contributed by atoms with Crippen LogP contribution in [0.3, 0.4) is 0 Å². The molecule has 0 radical (unpaired) electrons. The Balaban J connectivity index is 1.16. The second kappa shape index (κ2) is 9.69. The van der Waals surface area contributed by atoms with E-state index in [1.807, 2.05) is 6.20 Å². The van der Waals surface area contributed by atoms with Gasteiger partial charge in [0.25, 0.3) is 0 Å². The van der Waals surface area contributed by atoms with Crippen LogP contribution in [-0.4, -0.2) is 59.3 Å². The normalized spacial score (nSPS) is 18.0. The van der Waals surface area contributed by atoms with Crippen LogP contribution in [0.5, 0.6) is 0 Å². The molecule has 0 aliphatic carbocycles. The van der Waals surface area contributed by atoms with Crippen LogP contribution in [0.2, 0.25) is 0 Å². The molecule has 32 heavy (non-hydrogen) atoms. The Morgan fingerprint density at radius 1 is 0.812 bits per heavy atom. The molecule has 7 heteroatoms. The van der Waals surface area contributed by atoms with Gasteiger partial charge in [-0.2, -0.15) is 4.98 Å². The number of nitrogens with zero attached hydrogens (tertiary/aromatic N) is 6. The van der Waals surface area contributed by atoms with Gasteiger partial charge in [-0.25, -0.2) is 4.98 Å². The number of aryl methyl sites for hydroxylation is 1. The van der Waals surface area contributed by atoms with Gasteiger partial charge in [0.15, 0.2) is 0 Å². The average molecular weight is 433 g/mol. The van der Waals surface area contributed by atoms with Crippen LogP contribution in [0.15, 0.2) is 47.1 Å². The first-order chi connectivity index (χ1) is 15.7. The molecule has 2 saturated heterocycles. The van der Waals surface area contributed by atoms with Crippen LogP contribution in [0, 0.1) is 6.92 Å². The van der Waals surface area contributed by atoms with Crippen LogP contribution in [0.4, 0.5) is 11.5 Å². The standard InChI is InChI=1S/C25H32N6O/c1-20-6-9-22(10-7-20)30-16-14-29(15-17-30)19-24-27-25(28-32-24)21-8-11-23(26-18-21)31-12-4-2-3-5-13-31/h6-11,18H,2-5,12-17,19H2,1H3. The molecule has 4 heterocycles. The van der Waals surface area contributed by atoms with Gasteiger partial charge >= 0.3 is 0 Å². The van der Waals surface area contributed by atoms with E-state index in [-0.39, 0.29) is 0 Å². The maximum Gasteiger partial charge on any atom is 0.241 e. The quantitative estimate of drug-likeness (QED) is 0.600. The first-order valence-electron chi connectivity index (χ1n) is 11.8. The summed E-state index contributed by atoms with van der Waals surface area (Å²) in [6.07, 6.45) is 7.01. The van der Waals surface area contributed by atoms with E-state index >= 15 is 0 Å². The highest BCUT2D eigenvalue weighted by atomic mass is 16.5. The summed E-state index contributed by atoms with van der Waals surface area (Å²) < 4.78 is 5.55. The van der Waals surface area contributed by atoms with Gasteiger partial charge in [0, 0.05) is 56.7 Å². The molecule has 0 unspecified atom stereocenters. The molecule has 3 aromatic rings. The van der Waals surface area contributed by atoms with Gasteiger partial charge < -0.3 is 14.3 Å². The van der Waals surface area contributed by atoms with Crippen molar-refractivity contribution in [3.05, 3.63) is 54.0 Å². The molecule has 0 atom stereocenters. The Morgan fingerprint density at radius 3 is 2.25 bits per heavy atom. The van der Waals surface area contributed by atoms with Crippen LogP contribution in [-0.2, 0) is 6.54 Å². The average Bonchev–Trinajstić information content (AvgIpc) is 3.12. The van der Waals surface area contributed by atoms with Crippen molar-refractivity contribution in [1.82, 2.24) is 20.0 Å². The largest absolute Gasteiger partial charge is 0.369 e. The summed E-state index contributed by atoms with van der Waals surface area (Å²) in [7, 11) is 0. The van der Waals surface area contributed by atoms with E-state index in [9.17, 15) is 0 Å². The molecular weight excluding hydrogens is 400 g/mol. The van der Waals surface area contributed by atoms with Crippen molar-refractivity contribution in [1.29, 1.82) is 0 Å². The van der Waals surface area contributed by atoms with Crippen molar-refractivity contribution >= 4 is 11.5 Å². The van der Waals surface area contributed by atoms with E-state index in [1.54, 1.807) is 0 Å². The zero-order valence-electron chi connectivity index (χ0n) is 18.9. The minimum atomic E-state index is 0.619. The monoisotopic (exact) mass is 432 g/mol. The van der Waals surface area contributed by atoms with Crippen molar-refractivity contribution in [2.75, 3.05) is 49.1 Å². The lowest BCUT2D eigenvalue weighted by Crippen LogP contribution is -2.46.